The second-order valence-corrected chi connectivity index (χ2v) is 21.6. The SMILES string of the molecule is CC/C=C\C/C=C\C/C=C\C/C=C\C/C=C\C/C=C\C/C=C\C/C=C\C/C=C\C/C=C\CCCCC(=O)OC(COC(=O)CCCCCCCCCCCCCCCC/C=C\C/C=C\C/C=C\C/C=C\CC)COP(=O)(O)OCCN. The molecule has 3 N–H and O–H groups in total. The Morgan fingerprint density at radius 2 is 0.642 bits per heavy atom. The van der Waals surface area contributed by atoms with Crippen LogP contribution in [0.4, 0.5) is 0 Å². The van der Waals surface area contributed by atoms with Gasteiger partial charge in [0.1, 0.15) is 6.61 Å². The Morgan fingerprint density at radius 3 is 0.975 bits per heavy atom. The maximum absolute atomic E-state index is 12.7. The van der Waals surface area contributed by atoms with Gasteiger partial charge < -0.3 is 20.1 Å². The molecule has 2 unspecified atom stereocenters. The van der Waals surface area contributed by atoms with E-state index in [2.05, 4.69) is 184 Å². The molecule has 0 aromatic rings. The summed E-state index contributed by atoms with van der Waals surface area (Å²) < 4.78 is 33.0. The third-order valence-electron chi connectivity index (χ3n) is 12.6. The van der Waals surface area contributed by atoms with Crippen molar-refractivity contribution < 1.29 is 37.6 Å². The normalized spacial score (nSPS) is 14.2. The summed E-state index contributed by atoms with van der Waals surface area (Å²) in [5, 5.41) is 0. The van der Waals surface area contributed by atoms with Gasteiger partial charge in [-0.2, -0.15) is 0 Å². The molecule has 10 heteroatoms. The summed E-state index contributed by atoms with van der Waals surface area (Å²) in [5.41, 5.74) is 5.39. The second kappa shape index (κ2) is 64.5. The topological polar surface area (TPSA) is 134 Å². The maximum Gasteiger partial charge on any atom is 0.472 e. The molecule has 81 heavy (non-hydrogen) atoms. The zero-order chi connectivity index (χ0) is 58.7. The van der Waals surface area contributed by atoms with Crippen molar-refractivity contribution in [3.8, 4) is 0 Å². The lowest BCUT2D eigenvalue weighted by Gasteiger charge is -2.19. The number of carbonyl (C=O) groups is 2. The van der Waals surface area contributed by atoms with Gasteiger partial charge in [0, 0.05) is 19.4 Å². The van der Waals surface area contributed by atoms with Crippen LogP contribution in [0.5, 0.6) is 0 Å². The van der Waals surface area contributed by atoms with Crippen molar-refractivity contribution in [2.75, 3.05) is 26.4 Å². The first-order valence-corrected chi connectivity index (χ1v) is 33.1. The van der Waals surface area contributed by atoms with Gasteiger partial charge in [0.15, 0.2) is 6.10 Å². The summed E-state index contributed by atoms with van der Waals surface area (Å²) in [4.78, 5) is 35.3. The molecule has 0 aliphatic carbocycles. The molecule has 2 atom stereocenters. The average Bonchev–Trinajstić information content (AvgIpc) is 3.46. The molecule has 0 saturated heterocycles. The highest BCUT2D eigenvalue weighted by Crippen LogP contribution is 2.43. The number of carbonyl (C=O) groups excluding carboxylic acids is 2. The molecule has 0 radical (unpaired) electrons. The van der Waals surface area contributed by atoms with Crippen molar-refractivity contribution in [2.45, 2.75) is 238 Å². The standard InChI is InChI=1S/C71H114NO8P/c1-3-5-7-9-11-13-15-17-19-21-23-25-27-29-31-32-33-34-35-36-38-40-42-44-46-48-50-52-54-56-58-60-62-64-71(74)80-69(68-79-81(75,76)78-66-65-72)67-77-70(73)63-61-59-57-55-53-51-49-47-45-43-41-39-37-30-28-26-24-22-20-18-16-14-12-10-8-6-4-2/h5-8,11-14,17-20,23-26,29,31,33-34,36,38,42,44,48,50,54,56,69H,3-4,9-10,15-16,21-22,27-28,30,32,35,37,39-41,43,45-47,49,51-53,55,57-68,72H2,1-2H3,(H,75,76)/b7-5-,8-6-,13-11-,14-12-,19-17-,20-18-,25-23-,26-24-,31-29-,34-33-,38-36-,44-42-,50-48-,56-54-. The number of nitrogens with two attached hydrogens (primary N) is 1. The molecule has 0 heterocycles. The first kappa shape index (κ1) is 76.4. The number of phosphoric acid groups is 1. The summed E-state index contributed by atoms with van der Waals surface area (Å²) in [6, 6.07) is 0. The maximum atomic E-state index is 12.7. The average molecular weight is 1140 g/mol. The fraction of sp³-hybridized carbons (Fsp3) is 0.577. The largest absolute Gasteiger partial charge is 0.472 e. The van der Waals surface area contributed by atoms with Gasteiger partial charge in [-0.3, -0.25) is 18.6 Å². The Kier molecular flexibility index (Phi) is 60.8. The fourth-order valence-corrected chi connectivity index (χ4v) is 8.77. The van der Waals surface area contributed by atoms with Crippen LogP contribution in [0.2, 0.25) is 0 Å². The monoisotopic (exact) mass is 1140 g/mol. The second-order valence-electron chi connectivity index (χ2n) is 20.2. The van der Waals surface area contributed by atoms with E-state index in [1.54, 1.807) is 0 Å². The van der Waals surface area contributed by atoms with Crippen LogP contribution in [0.15, 0.2) is 170 Å². The van der Waals surface area contributed by atoms with Crippen molar-refractivity contribution >= 4 is 19.8 Å². The van der Waals surface area contributed by atoms with Crippen LogP contribution in [0.25, 0.3) is 0 Å². The molecule has 0 bridgehead atoms. The molecule has 0 aromatic carbocycles. The molecule has 9 nitrogen and oxygen atoms in total. The number of phosphoric ester groups is 1. The third-order valence-corrected chi connectivity index (χ3v) is 13.6. The predicted octanol–water partition coefficient (Wildman–Crippen LogP) is 20.6. The number of hydrogen-bond acceptors (Lipinski definition) is 8. The van der Waals surface area contributed by atoms with Crippen LogP contribution in [-0.4, -0.2) is 49.3 Å². The highest BCUT2D eigenvalue weighted by Gasteiger charge is 2.26. The molecule has 0 aliphatic heterocycles. The molecule has 0 rings (SSSR count). The van der Waals surface area contributed by atoms with Crippen molar-refractivity contribution in [3.05, 3.63) is 170 Å². The number of allylic oxidation sites excluding steroid dienone is 28. The Bertz CT molecular complexity index is 1930. The Labute approximate surface area is 495 Å². The number of hydrogen-bond donors (Lipinski definition) is 2. The molecular formula is C71H114NO8P. The molecule has 0 amide bonds. The lowest BCUT2D eigenvalue weighted by molar-refractivity contribution is -0.161. The molecule has 0 fully saturated rings. The molecular weight excluding hydrogens is 1030 g/mol. The highest BCUT2D eigenvalue weighted by molar-refractivity contribution is 7.47. The smallest absolute Gasteiger partial charge is 0.462 e. The van der Waals surface area contributed by atoms with Crippen molar-refractivity contribution in [3.63, 3.8) is 0 Å². The summed E-state index contributed by atoms with van der Waals surface area (Å²) in [5.74, 6) is -0.890. The number of ether oxygens (including phenoxy) is 2. The molecule has 456 valence electrons. The van der Waals surface area contributed by atoms with Gasteiger partial charge in [-0.15, -0.1) is 0 Å². The number of esters is 2. The van der Waals surface area contributed by atoms with Crippen molar-refractivity contribution in [1.29, 1.82) is 0 Å². The van der Waals surface area contributed by atoms with Crippen LogP contribution in [0, 0.1) is 0 Å². The van der Waals surface area contributed by atoms with Crippen LogP contribution < -0.4 is 5.73 Å². The lowest BCUT2D eigenvalue weighted by atomic mass is 10.0. The van der Waals surface area contributed by atoms with Crippen molar-refractivity contribution in [1.82, 2.24) is 0 Å². The van der Waals surface area contributed by atoms with E-state index in [0.717, 1.165) is 128 Å². The molecule has 0 spiro atoms. The predicted molar refractivity (Wildman–Crippen MR) is 348 cm³/mol. The molecule has 0 saturated carbocycles. The van der Waals surface area contributed by atoms with Gasteiger partial charge in [0.05, 0.1) is 13.2 Å². The minimum Gasteiger partial charge on any atom is -0.462 e. The van der Waals surface area contributed by atoms with E-state index < -0.39 is 32.5 Å². The van der Waals surface area contributed by atoms with E-state index in [-0.39, 0.29) is 32.6 Å². The molecule has 0 aliphatic rings. The lowest BCUT2D eigenvalue weighted by Crippen LogP contribution is -2.29. The van der Waals surface area contributed by atoms with Gasteiger partial charge in [0.2, 0.25) is 0 Å². The zero-order valence-electron chi connectivity index (χ0n) is 50.9. The van der Waals surface area contributed by atoms with Gasteiger partial charge in [0.25, 0.3) is 0 Å². The fourth-order valence-electron chi connectivity index (χ4n) is 8.01. The minimum atomic E-state index is -4.42. The Morgan fingerprint density at radius 1 is 0.370 bits per heavy atom. The van der Waals surface area contributed by atoms with Crippen LogP contribution in [0.1, 0.15) is 232 Å². The Hall–Kier alpha value is -4.63. The highest BCUT2D eigenvalue weighted by atomic mass is 31.2. The summed E-state index contributed by atoms with van der Waals surface area (Å²) in [6.45, 7) is 3.45. The first-order valence-electron chi connectivity index (χ1n) is 31.6. The van der Waals surface area contributed by atoms with E-state index in [1.165, 1.54) is 70.6 Å². The van der Waals surface area contributed by atoms with E-state index in [4.69, 9.17) is 24.3 Å². The summed E-state index contributed by atoms with van der Waals surface area (Å²) in [7, 11) is -4.42. The van der Waals surface area contributed by atoms with Gasteiger partial charge >= 0.3 is 19.8 Å². The minimum absolute atomic E-state index is 0.0370. The van der Waals surface area contributed by atoms with Gasteiger partial charge in [-0.1, -0.05) is 261 Å². The van der Waals surface area contributed by atoms with E-state index in [0.29, 0.717) is 6.42 Å². The number of unbranched alkanes of at least 4 members (excludes halogenated alkanes) is 16. The van der Waals surface area contributed by atoms with Crippen LogP contribution >= 0.6 is 7.82 Å². The third kappa shape index (κ3) is 64.4. The summed E-state index contributed by atoms with van der Waals surface area (Å²) >= 11 is 0. The molecule has 0 aromatic heterocycles. The van der Waals surface area contributed by atoms with Crippen molar-refractivity contribution in [2.24, 2.45) is 5.73 Å². The first-order chi connectivity index (χ1) is 39.8. The summed E-state index contributed by atoms with van der Waals surface area (Å²) in [6.07, 6.45) is 95.6. The van der Waals surface area contributed by atoms with E-state index >= 15 is 0 Å². The van der Waals surface area contributed by atoms with Crippen LogP contribution in [-0.2, 0) is 32.7 Å². The van der Waals surface area contributed by atoms with E-state index in [1.807, 2.05) is 0 Å². The number of rotatable bonds is 57. The van der Waals surface area contributed by atoms with E-state index in [9.17, 15) is 19.0 Å². The Balaban J connectivity index is 4.09. The quantitative estimate of drug-likeness (QED) is 0.0264. The zero-order valence-corrected chi connectivity index (χ0v) is 51.8. The van der Waals surface area contributed by atoms with Crippen LogP contribution in [0.3, 0.4) is 0 Å². The van der Waals surface area contributed by atoms with Gasteiger partial charge in [-0.25, -0.2) is 4.57 Å². The van der Waals surface area contributed by atoms with Gasteiger partial charge in [-0.05, 0) is 128 Å².